The number of ether oxygens (including phenoxy) is 1. The van der Waals surface area contributed by atoms with Crippen molar-refractivity contribution in [3.8, 4) is 5.75 Å². The normalized spacial score (nSPS) is 12.1. The van der Waals surface area contributed by atoms with E-state index in [0.717, 1.165) is 16.9 Å². The SMILES string of the molecule is Cc1ccc(C(C)C)c(O[C@H](C)C(=O)Nc2ccc(Cl)c(Cl)c2)c1. The predicted molar refractivity (Wildman–Crippen MR) is 100 cm³/mol. The minimum absolute atomic E-state index is 0.246. The zero-order valence-corrected chi connectivity index (χ0v) is 15.7. The van der Waals surface area contributed by atoms with E-state index in [4.69, 9.17) is 27.9 Å². The quantitative estimate of drug-likeness (QED) is 0.723. The summed E-state index contributed by atoms with van der Waals surface area (Å²) in [6.45, 7) is 7.91. The van der Waals surface area contributed by atoms with Crippen LogP contribution >= 0.6 is 23.2 Å². The molecule has 1 amide bonds. The minimum Gasteiger partial charge on any atom is -0.481 e. The minimum atomic E-state index is -0.640. The fourth-order valence-corrected chi connectivity index (χ4v) is 2.58. The third-order valence-corrected chi connectivity index (χ3v) is 4.39. The van der Waals surface area contributed by atoms with Gasteiger partial charge < -0.3 is 10.1 Å². The van der Waals surface area contributed by atoms with Crippen LogP contribution in [-0.2, 0) is 4.79 Å². The second-order valence-corrected chi connectivity index (χ2v) is 6.89. The number of carbonyl (C=O) groups is 1. The number of carbonyl (C=O) groups excluding carboxylic acids is 1. The van der Waals surface area contributed by atoms with Crippen LogP contribution in [0.4, 0.5) is 5.69 Å². The summed E-state index contributed by atoms with van der Waals surface area (Å²) in [5.41, 5.74) is 2.75. The Kier molecular flexibility index (Phi) is 6.14. The van der Waals surface area contributed by atoms with Crippen LogP contribution < -0.4 is 10.1 Å². The highest BCUT2D eigenvalue weighted by Gasteiger charge is 2.18. The van der Waals surface area contributed by atoms with Crippen molar-refractivity contribution in [3.05, 3.63) is 57.6 Å². The molecule has 0 aromatic heterocycles. The van der Waals surface area contributed by atoms with Gasteiger partial charge in [0.05, 0.1) is 10.0 Å². The molecule has 0 unspecified atom stereocenters. The van der Waals surface area contributed by atoms with E-state index in [9.17, 15) is 4.79 Å². The van der Waals surface area contributed by atoms with Gasteiger partial charge in [0.25, 0.3) is 5.91 Å². The smallest absolute Gasteiger partial charge is 0.265 e. The highest BCUT2D eigenvalue weighted by atomic mass is 35.5. The maximum absolute atomic E-state index is 12.4. The van der Waals surface area contributed by atoms with E-state index in [2.05, 4.69) is 19.2 Å². The monoisotopic (exact) mass is 365 g/mol. The second-order valence-electron chi connectivity index (χ2n) is 6.07. The molecular weight excluding hydrogens is 345 g/mol. The fourth-order valence-electron chi connectivity index (χ4n) is 2.28. The van der Waals surface area contributed by atoms with Crippen LogP contribution in [0.5, 0.6) is 5.75 Å². The molecule has 0 aliphatic rings. The lowest BCUT2D eigenvalue weighted by Crippen LogP contribution is -2.30. The van der Waals surface area contributed by atoms with Crippen molar-refractivity contribution in [1.82, 2.24) is 0 Å². The summed E-state index contributed by atoms with van der Waals surface area (Å²) in [5, 5.41) is 3.62. The molecule has 0 fully saturated rings. The van der Waals surface area contributed by atoms with Crippen molar-refractivity contribution in [2.24, 2.45) is 0 Å². The first-order valence-electron chi connectivity index (χ1n) is 7.81. The Morgan fingerprint density at radius 2 is 1.75 bits per heavy atom. The average molecular weight is 366 g/mol. The highest BCUT2D eigenvalue weighted by Crippen LogP contribution is 2.29. The number of amides is 1. The molecule has 0 heterocycles. The first kappa shape index (κ1) is 18.6. The molecule has 0 radical (unpaired) electrons. The summed E-state index contributed by atoms with van der Waals surface area (Å²) in [7, 11) is 0. The number of rotatable bonds is 5. The maximum Gasteiger partial charge on any atom is 0.265 e. The Labute approximate surface area is 152 Å². The molecule has 0 spiro atoms. The van der Waals surface area contributed by atoms with Gasteiger partial charge in [0.2, 0.25) is 0 Å². The van der Waals surface area contributed by atoms with Crippen molar-refractivity contribution in [2.75, 3.05) is 5.32 Å². The molecule has 5 heteroatoms. The van der Waals surface area contributed by atoms with Crippen molar-refractivity contribution >= 4 is 34.8 Å². The van der Waals surface area contributed by atoms with Crippen LogP contribution in [0.1, 0.15) is 37.8 Å². The fraction of sp³-hybridized carbons (Fsp3) is 0.316. The van der Waals surface area contributed by atoms with E-state index < -0.39 is 6.10 Å². The molecule has 2 aromatic carbocycles. The summed E-state index contributed by atoms with van der Waals surface area (Å²) < 4.78 is 5.90. The topological polar surface area (TPSA) is 38.3 Å². The third-order valence-electron chi connectivity index (χ3n) is 3.65. The van der Waals surface area contributed by atoms with Gasteiger partial charge in [-0.15, -0.1) is 0 Å². The molecule has 2 rings (SSSR count). The average Bonchev–Trinajstić information content (AvgIpc) is 2.50. The number of hydrogen-bond acceptors (Lipinski definition) is 2. The van der Waals surface area contributed by atoms with Crippen molar-refractivity contribution in [1.29, 1.82) is 0 Å². The Hall–Kier alpha value is -1.71. The first-order chi connectivity index (χ1) is 11.3. The molecule has 2 aromatic rings. The summed E-state index contributed by atoms with van der Waals surface area (Å²) in [4.78, 5) is 12.4. The number of anilines is 1. The summed E-state index contributed by atoms with van der Waals surface area (Å²) in [5.74, 6) is 0.803. The largest absolute Gasteiger partial charge is 0.481 e. The molecular formula is C19H21Cl2NO2. The summed E-state index contributed by atoms with van der Waals surface area (Å²) in [6.07, 6.45) is -0.640. The maximum atomic E-state index is 12.4. The van der Waals surface area contributed by atoms with Crippen LogP contribution in [0.2, 0.25) is 10.0 Å². The summed E-state index contributed by atoms with van der Waals surface area (Å²) >= 11 is 11.8. The molecule has 1 N–H and O–H groups in total. The van der Waals surface area contributed by atoms with Gasteiger partial charge in [0.1, 0.15) is 5.75 Å². The predicted octanol–water partition coefficient (Wildman–Crippen LogP) is 5.83. The summed E-state index contributed by atoms with van der Waals surface area (Å²) in [6, 6.07) is 11.0. The molecule has 0 aliphatic heterocycles. The second kappa shape index (κ2) is 7.91. The first-order valence-corrected chi connectivity index (χ1v) is 8.56. The Balaban J connectivity index is 2.11. The van der Waals surface area contributed by atoms with Crippen LogP contribution in [0.3, 0.4) is 0 Å². The van der Waals surface area contributed by atoms with Gasteiger partial charge in [0, 0.05) is 5.69 Å². The van der Waals surface area contributed by atoms with E-state index in [-0.39, 0.29) is 5.91 Å². The lowest BCUT2D eigenvalue weighted by Gasteiger charge is -2.19. The van der Waals surface area contributed by atoms with Crippen molar-refractivity contribution in [2.45, 2.75) is 39.7 Å². The Morgan fingerprint density at radius 3 is 2.38 bits per heavy atom. The number of benzene rings is 2. The molecule has 24 heavy (non-hydrogen) atoms. The molecule has 0 saturated carbocycles. The highest BCUT2D eigenvalue weighted by molar-refractivity contribution is 6.42. The molecule has 0 aliphatic carbocycles. The van der Waals surface area contributed by atoms with E-state index in [0.29, 0.717) is 21.7 Å². The van der Waals surface area contributed by atoms with Gasteiger partial charge >= 0.3 is 0 Å². The van der Waals surface area contributed by atoms with Gasteiger partial charge in [-0.25, -0.2) is 0 Å². The van der Waals surface area contributed by atoms with Crippen molar-refractivity contribution in [3.63, 3.8) is 0 Å². The van der Waals surface area contributed by atoms with Gasteiger partial charge in [-0.2, -0.15) is 0 Å². The van der Waals surface area contributed by atoms with Gasteiger partial charge in [0.15, 0.2) is 6.10 Å². The van der Waals surface area contributed by atoms with Crippen LogP contribution in [0, 0.1) is 6.92 Å². The molecule has 0 bridgehead atoms. The number of hydrogen-bond donors (Lipinski definition) is 1. The molecule has 3 nitrogen and oxygen atoms in total. The number of aryl methyl sites for hydroxylation is 1. The van der Waals surface area contributed by atoms with Crippen LogP contribution in [-0.4, -0.2) is 12.0 Å². The van der Waals surface area contributed by atoms with Crippen molar-refractivity contribution < 1.29 is 9.53 Å². The standard InChI is InChI=1S/C19H21Cl2NO2/c1-11(2)15-7-5-12(3)9-18(15)24-13(4)19(23)22-14-6-8-16(20)17(21)10-14/h5-11,13H,1-4H3,(H,22,23)/t13-/m1/s1. The number of nitrogens with one attached hydrogen (secondary N) is 1. The zero-order valence-electron chi connectivity index (χ0n) is 14.2. The van der Waals surface area contributed by atoms with E-state index in [1.807, 2.05) is 25.1 Å². The Morgan fingerprint density at radius 1 is 1.04 bits per heavy atom. The van der Waals surface area contributed by atoms with E-state index in [1.54, 1.807) is 25.1 Å². The van der Waals surface area contributed by atoms with Gasteiger partial charge in [-0.3, -0.25) is 4.79 Å². The lowest BCUT2D eigenvalue weighted by molar-refractivity contribution is -0.122. The van der Waals surface area contributed by atoms with Gasteiger partial charge in [-0.05, 0) is 55.2 Å². The third kappa shape index (κ3) is 4.65. The zero-order chi connectivity index (χ0) is 17.9. The van der Waals surface area contributed by atoms with E-state index in [1.165, 1.54) is 0 Å². The van der Waals surface area contributed by atoms with Gasteiger partial charge in [-0.1, -0.05) is 49.2 Å². The molecule has 128 valence electrons. The lowest BCUT2D eigenvalue weighted by atomic mass is 10.0. The molecule has 0 saturated heterocycles. The van der Waals surface area contributed by atoms with E-state index >= 15 is 0 Å². The Bertz CT molecular complexity index is 744. The van der Waals surface area contributed by atoms with Crippen LogP contribution in [0.25, 0.3) is 0 Å². The van der Waals surface area contributed by atoms with Crippen LogP contribution in [0.15, 0.2) is 36.4 Å². The molecule has 1 atom stereocenters. The number of halogens is 2.